The molecule has 0 radical (unpaired) electrons. The molecule has 4 heteroatoms. The Hall–Kier alpha value is -0.870. The van der Waals surface area contributed by atoms with Crippen LogP contribution in [0.3, 0.4) is 0 Å². The van der Waals surface area contributed by atoms with Gasteiger partial charge in [-0.25, -0.2) is 0 Å². The third-order valence-corrected chi connectivity index (χ3v) is 3.33. The summed E-state index contributed by atoms with van der Waals surface area (Å²) < 4.78 is 0. The summed E-state index contributed by atoms with van der Waals surface area (Å²) in [4.78, 5) is 14.6. The third-order valence-electron chi connectivity index (χ3n) is 2.43. The molecule has 1 rings (SSSR count). The maximum absolute atomic E-state index is 11.6. The summed E-state index contributed by atoms with van der Waals surface area (Å²) in [7, 11) is 3.56. The molecule has 0 fully saturated rings. The van der Waals surface area contributed by atoms with Crippen LogP contribution in [0.15, 0.2) is 17.5 Å². The van der Waals surface area contributed by atoms with Crippen LogP contribution in [-0.4, -0.2) is 37.0 Å². The van der Waals surface area contributed by atoms with Gasteiger partial charge in [-0.1, -0.05) is 6.07 Å². The SMILES string of the molecule is CC(Cc1cccs1)N[C@H](C)C(=O)N(C)C. The van der Waals surface area contributed by atoms with Crippen molar-refractivity contribution in [2.75, 3.05) is 14.1 Å². The molecule has 0 aliphatic heterocycles. The van der Waals surface area contributed by atoms with E-state index in [1.165, 1.54) is 4.88 Å². The van der Waals surface area contributed by atoms with Crippen LogP contribution in [-0.2, 0) is 11.2 Å². The quantitative estimate of drug-likeness (QED) is 0.850. The normalized spacial score (nSPS) is 14.5. The van der Waals surface area contributed by atoms with Gasteiger partial charge in [0.1, 0.15) is 0 Å². The average molecular weight is 240 g/mol. The molecule has 0 bridgehead atoms. The molecular weight excluding hydrogens is 220 g/mol. The van der Waals surface area contributed by atoms with Crippen molar-refractivity contribution < 1.29 is 4.79 Å². The number of nitrogens with one attached hydrogen (secondary N) is 1. The standard InChI is InChI=1S/C12H20N2OS/c1-9(8-11-6-5-7-16-11)13-10(2)12(15)14(3)4/h5-7,9-10,13H,8H2,1-4H3/t9?,10-/m1/s1. The average Bonchev–Trinajstić information content (AvgIpc) is 2.68. The lowest BCUT2D eigenvalue weighted by Crippen LogP contribution is -2.45. The van der Waals surface area contributed by atoms with Gasteiger partial charge < -0.3 is 10.2 Å². The fourth-order valence-electron chi connectivity index (χ4n) is 1.67. The van der Waals surface area contributed by atoms with Crippen molar-refractivity contribution in [3.63, 3.8) is 0 Å². The molecule has 16 heavy (non-hydrogen) atoms. The summed E-state index contributed by atoms with van der Waals surface area (Å²) in [6.45, 7) is 4.02. The van der Waals surface area contributed by atoms with E-state index in [4.69, 9.17) is 0 Å². The van der Waals surface area contributed by atoms with E-state index in [0.717, 1.165) is 6.42 Å². The summed E-state index contributed by atoms with van der Waals surface area (Å²) in [6.07, 6.45) is 0.975. The van der Waals surface area contributed by atoms with Gasteiger partial charge in [0, 0.05) is 25.0 Å². The fraction of sp³-hybridized carbons (Fsp3) is 0.583. The van der Waals surface area contributed by atoms with Crippen LogP contribution in [0.1, 0.15) is 18.7 Å². The molecule has 1 heterocycles. The highest BCUT2D eigenvalue weighted by atomic mass is 32.1. The van der Waals surface area contributed by atoms with Gasteiger partial charge in [-0.2, -0.15) is 0 Å². The molecule has 1 unspecified atom stereocenters. The molecule has 1 aromatic rings. The second-order valence-electron chi connectivity index (χ2n) is 4.31. The first-order chi connectivity index (χ1) is 7.50. The van der Waals surface area contributed by atoms with Crippen LogP contribution in [0.4, 0.5) is 0 Å². The lowest BCUT2D eigenvalue weighted by atomic mass is 10.1. The second kappa shape index (κ2) is 6.01. The first kappa shape index (κ1) is 13.2. The van der Waals surface area contributed by atoms with Crippen LogP contribution in [0.2, 0.25) is 0 Å². The molecule has 90 valence electrons. The molecule has 3 nitrogen and oxygen atoms in total. The number of carbonyl (C=O) groups is 1. The van der Waals surface area contributed by atoms with Crippen LogP contribution >= 0.6 is 11.3 Å². The maximum atomic E-state index is 11.6. The van der Waals surface area contributed by atoms with Crippen LogP contribution < -0.4 is 5.32 Å². The number of nitrogens with zero attached hydrogens (tertiary/aromatic N) is 1. The Bertz CT molecular complexity index is 322. The number of carbonyl (C=O) groups excluding carboxylic acids is 1. The lowest BCUT2D eigenvalue weighted by Gasteiger charge is -2.21. The number of amides is 1. The van der Waals surface area contributed by atoms with Crippen LogP contribution in [0.25, 0.3) is 0 Å². The molecule has 0 saturated heterocycles. The van der Waals surface area contributed by atoms with Gasteiger partial charge in [0.25, 0.3) is 0 Å². The van der Waals surface area contributed by atoms with Gasteiger partial charge in [-0.3, -0.25) is 4.79 Å². The minimum absolute atomic E-state index is 0.120. The van der Waals surface area contributed by atoms with Crippen molar-refractivity contribution in [2.45, 2.75) is 32.4 Å². The third kappa shape index (κ3) is 3.94. The highest BCUT2D eigenvalue weighted by molar-refractivity contribution is 7.09. The Morgan fingerprint density at radius 3 is 2.69 bits per heavy atom. The van der Waals surface area contributed by atoms with Crippen molar-refractivity contribution in [3.05, 3.63) is 22.4 Å². The van der Waals surface area contributed by atoms with Crippen molar-refractivity contribution in [3.8, 4) is 0 Å². The summed E-state index contributed by atoms with van der Waals surface area (Å²) in [6, 6.07) is 4.38. The summed E-state index contributed by atoms with van der Waals surface area (Å²) >= 11 is 1.76. The molecule has 1 amide bonds. The molecule has 0 aromatic carbocycles. The predicted octanol–water partition coefficient (Wildman–Crippen LogP) is 1.75. The van der Waals surface area contributed by atoms with Crippen LogP contribution in [0, 0.1) is 0 Å². The van der Waals surface area contributed by atoms with Gasteiger partial charge in [0.2, 0.25) is 5.91 Å². The molecule has 0 saturated carbocycles. The Balaban J connectivity index is 2.39. The van der Waals surface area contributed by atoms with Crippen molar-refractivity contribution in [1.82, 2.24) is 10.2 Å². The van der Waals surface area contributed by atoms with E-state index in [1.54, 1.807) is 30.3 Å². The van der Waals surface area contributed by atoms with E-state index < -0.39 is 0 Å². The number of hydrogen-bond acceptors (Lipinski definition) is 3. The van der Waals surface area contributed by atoms with E-state index in [-0.39, 0.29) is 11.9 Å². The number of likely N-dealkylation sites (N-methyl/N-ethyl adjacent to an activating group) is 1. The summed E-state index contributed by atoms with van der Waals surface area (Å²) in [5.41, 5.74) is 0. The first-order valence-electron chi connectivity index (χ1n) is 5.50. The highest BCUT2D eigenvalue weighted by Gasteiger charge is 2.16. The Morgan fingerprint density at radius 2 is 2.19 bits per heavy atom. The first-order valence-corrected chi connectivity index (χ1v) is 6.38. The molecule has 1 aromatic heterocycles. The lowest BCUT2D eigenvalue weighted by molar-refractivity contribution is -0.130. The monoisotopic (exact) mass is 240 g/mol. The maximum Gasteiger partial charge on any atom is 0.238 e. The molecule has 0 aliphatic carbocycles. The fourth-order valence-corrected chi connectivity index (χ4v) is 2.51. The smallest absolute Gasteiger partial charge is 0.238 e. The van der Waals surface area contributed by atoms with E-state index in [9.17, 15) is 4.79 Å². The van der Waals surface area contributed by atoms with Crippen molar-refractivity contribution >= 4 is 17.2 Å². The Morgan fingerprint density at radius 1 is 1.50 bits per heavy atom. The molecule has 0 spiro atoms. The van der Waals surface area contributed by atoms with E-state index in [0.29, 0.717) is 6.04 Å². The summed E-state index contributed by atoms with van der Waals surface area (Å²) in [5, 5.41) is 5.39. The highest BCUT2D eigenvalue weighted by Crippen LogP contribution is 2.11. The molecule has 1 N–H and O–H groups in total. The topological polar surface area (TPSA) is 32.3 Å². The van der Waals surface area contributed by atoms with Crippen LogP contribution in [0.5, 0.6) is 0 Å². The zero-order chi connectivity index (χ0) is 12.1. The van der Waals surface area contributed by atoms with E-state index >= 15 is 0 Å². The van der Waals surface area contributed by atoms with E-state index in [1.807, 2.05) is 6.92 Å². The molecular formula is C12H20N2OS. The zero-order valence-corrected chi connectivity index (χ0v) is 11.2. The Kier molecular flexibility index (Phi) is 4.96. The number of hydrogen-bond donors (Lipinski definition) is 1. The Labute approximate surface area is 101 Å². The van der Waals surface area contributed by atoms with Crippen molar-refractivity contribution in [1.29, 1.82) is 0 Å². The summed E-state index contributed by atoms with van der Waals surface area (Å²) in [5.74, 6) is 0.123. The van der Waals surface area contributed by atoms with Crippen molar-refractivity contribution in [2.24, 2.45) is 0 Å². The van der Waals surface area contributed by atoms with Gasteiger partial charge in [-0.05, 0) is 31.7 Å². The van der Waals surface area contributed by atoms with Gasteiger partial charge in [-0.15, -0.1) is 11.3 Å². The second-order valence-corrected chi connectivity index (χ2v) is 5.34. The number of thiophene rings is 1. The van der Waals surface area contributed by atoms with Gasteiger partial charge >= 0.3 is 0 Å². The molecule has 0 aliphatic rings. The molecule has 2 atom stereocenters. The largest absolute Gasteiger partial charge is 0.347 e. The van der Waals surface area contributed by atoms with E-state index in [2.05, 4.69) is 29.8 Å². The van der Waals surface area contributed by atoms with Gasteiger partial charge in [0.15, 0.2) is 0 Å². The minimum atomic E-state index is -0.120. The predicted molar refractivity (Wildman–Crippen MR) is 68.8 cm³/mol. The number of rotatable bonds is 5. The zero-order valence-electron chi connectivity index (χ0n) is 10.4. The minimum Gasteiger partial charge on any atom is -0.347 e. The van der Waals surface area contributed by atoms with Gasteiger partial charge in [0.05, 0.1) is 6.04 Å².